The Morgan fingerprint density at radius 2 is 2.15 bits per heavy atom. The fraction of sp³-hybridized carbons (Fsp3) is 0.533. The fourth-order valence-corrected chi connectivity index (χ4v) is 2.17. The zero-order valence-electron chi connectivity index (χ0n) is 11.9. The van der Waals surface area contributed by atoms with E-state index >= 15 is 0 Å². The molecule has 1 aromatic carbocycles. The summed E-state index contributed by atoms with van der Waals surface area (Å²) in [6.07, 6.45) is 3.69. The lowest BCUT2D eigenvalue weighted by Crippen LogP contribution is -2.19. The molecule has 1 aromatic rings. The zero-order chi connectivity index (χ0) is 14.8. The van der Waals surface area contributed by atoms with Crippen LogP contribution in [0, 0.1) is 0 Å². The van der Waals surface area contributed by atoms with Gasteiger partial charge in [-0.3, -0.25) is 4.79 Å². The lowest BCUT2D eigenvalue weighted by atomic mass is 10.1. The molecule has 1 saturated heterocycles. The molecule has 1 aliphatic rings. The largest absolute Gasteiger partial charge is 0.483 e. The van der Waals surface area contributed by atoms with Crippen LogP contribution in [0.1, 0.15) is 25.3 Å². The second-order valence-corrected chi connectivity index (χ2v) is 5.00. The van der Waals surface area contributed by atoms with Crippen LogP contribution in [0.25, 0.3) is 0 Å². The molecular weight excluding hydrogens is 256 g/mol. The lowest BCUT2D eigenvalue weighted by Gasteiger charge is -2.12. The van der Waals surface area contributed by atoms with E-state index in [2.05, 4.69) is 29.6 Å². The first-order chi connectivity index (χ1) is 9.65. The van der Waals surface area contributed by atoms with E-state index in [4.69, 9.17) is 20.4 Å². The fourth-order valence-electron chi connectivity index (χ4n) is 2.17. The number of hydrogen-bond acceptors (Lipinski definition) is 4. The molecule has 1 heterocycles. The van der Waals surface area contributed by atoms with Crippen molar-refractivity contribution >= 4 is 12.2 Å². The number of nitrogens with two attached hydrogens (primary N) is 1. The summed E-state index contributed by atoms with van der Waals surface area (Å²) in [7, 11) is 0. The number of nitrogens with one attached hydrogen (secondary N) is 1. The van der Waals surface area contributed by atoms with Gasteiger partial charge in [0.25, 0.3) is 6.47 Å². The first-order valence-corrected chi connectivity index (χ1v) is 6.93. The van der Waals surface area contributed by atoms with Crippen LogP contribution < -0.4 is 11.1 Å². The van der Waals surface area contributed by atoms with Crippen LogP contribution in [-0.2, 0) is 16.0 Å². The summed E-state index contributed by atoms with van der Waals surface area (Å²) in [5.74, 6) is 0. The standard InChI is InChI=1S/C14H22N2O.CH2O2/c1-11(15)9-12-4-6-13(7-5-12)16-10-14-3-2-8-17-14;2-1-3/h4-7,11,14,16H,2-3,8-10,15H2,1H3;1H,(H,2,3). The highest BCUT2D eigenvalue weighted by Crippen LogP contribution is 2.15. The number of carboxylic acid groups (broad SMARTS) is 1. The van der Waals surface area contributed by atoms with E-state index < -0.39 is 0 Å². The van der Waals surface area contributed by atoms with Crippen LogP contribution in [0.3, 0.4) is 0 Å². The molecule has 4 N–H and O–H groups in total. The van der Waals surface area contributed by atoms with E-state index in [9.17, 15) is 0 Å². The molecule has 1 fully saturated rings. The summed E-state index contributed by atoms with van der Waals surface area (Å²) in [5, 5.41) is 10.3. The van der Waals surface area contributed by atoms with Crippen molar-refractivity contribution in [3.8, 4) is 0 Å². The van der Waals surface area contributed by atoms with Crippen LogP contribution in [0.15, 0.2) is 24.3 Å². The number of rotatable bonds is 5. The van der Waals surface area contributed by atoms with Crippen molar-refractivity contribution in [1.29, 1.82) is 0 Å². The first-order valence-electron chi connectivity index (χ1n) is 6.93. The highest BCUT2D eigenvalue weighted by Gasteiger charge is 2.14. The summed E-state index contributed by atoms with van der Waals surface area (Å²) in [4.78, 5) is 8.36. The highest BCUT2D eigenvalue weighted by molar-refractivity contribution is 5.44. The third-order valence-electron chi connectivity index (χ3n) is 3.07. The number of anilines is 1. The smallest absolute Gasteiger partial charge is 0.290 e. The highest BCUT2D eigenvalue weighted by atomic mass is 16.5. The molecule has 0 bridgehead atoms. The van der Waals surface area contributed by atoms with Crippen molar-refractivity contribution < 1.29 is 14.6 Å². The molecule has 1 aliphatic heterocycles. The minimum atomic E-state index is -0.250. The van der Waals surface area contributed by atoms with E-state index in [-0.39, 0.29) is 12.5 Å². The van der Waals surface area contributed by atoms with Gasteiger partial charge in [0.15, 0.2) is 0 Å². The summed E-state index contributed by atoms with van der Waals surface area (Å²) in [5.41, 5.74) is 8.23. The summed E-state index contributed by atoms with van der Waals surface area (Å²) < 4.78 is 5.57. The molecule has 5 nitrogen and oxygen atoms in total. The molecule has 0 radical (unpaired) electrons. The van der Waals surface area contributed by atoms with E-state index in [0.29, 0.717) is 6.10 Å². The number of hydrogen-bond donors (Lipinski definition) is 3. The van der Waals surface area contributed by atoms with Gasteiger partial charge in [-0.2, -0.15) is 0 Å². The van der Waals surface area contributed by atoms with E-state index in [1.54, 1.807) is 0 Å². The van der Waals surface area contributed by atoms with Gasteiger partial charge in [0, 0.05) is 24.9 Å². The monoisotopic (exact) mass is 280 g/mol. The maximum atomic E-state index is 8.36. The Balaban J connectivity index is 0.000000612. The van der Waals surface area contributed by atoms with Crippen molar-refractivity contribution in [2.45, 2.75) is 38.3 Å². The number of benzene rings is 1. The van der Waals surface area contributed by atoms with Crippen molar-refractivity contribution in [2.75, 3.05) is 18.5 Å². The second kappa shape index (κ2) is 9.34. The second-order valence-electron chi connectivity index (χ2n) is 5.00. The molecule has 0 aromatic heterocycles. The summed E-state index contributed by atoms with van der Waals surface area (Å²) in [6.45, 7) is 3.61. The number of ether oxygens (including phenoxy) is 1. The molecule has 0 amide bonds. The minimum absolute atomic E-state index is 0.223. The quantitative estimate of drug-likeness (QED) is 0.717. The van der Waals surface area contributed by atoms with E-state index in [1.165, 1.54) is 18.4 Å². The maximum Gasteiger partial charge on any atom is 0.290 e. The Morgan fingerprint density at radius 3 is 2.65 bits per heavy atom. The van der Waals surface area contributed by atoms with Gasteiger partial charge in [0.05, 0.1) is 6.10 Å². The Morgan fingerprint density at radius 1 is 1.50 bits per heavy atom. The third kappa shape index (κ3) is 6.54. The van der Waals surface area contributed by atoms with Crippen LogP contribution in [0.4, 0.5) is 5.69 Å². The molecule has 0 saturated carbocycles. The van der Waals surface area contributed by atoms with Crippen molar-refractivity contribution in [3.05, 3.63) is 29.8 Å². The number of carbonyl (C=O) groups is 1. The molecule has 2 unspecified atom stereocenters. The summed E-state index contributed by atoms with van der Waals surface area (Å²) >= 11 is 0. The van der Waals surface area contributed by atoms with E-state index in [1.807, 2.05) is 6.92 Å². The van der Waals surface area contributed by atoms with Gasteiger partial charge in [-0.1, -0.05) is 12.1 Å². The Labute approximate surface area is 120 Å². The lowest BCUT2D eigenvalue weighted by molar-refractivity contribution is -0.122. The molecule has 2 rings (SSSR count). The summed E-state index contributed by atoms with van der Waals surface area (Å²) in [6, 6.07) is 8.74. The van der Waals surface area contributed by atoms with Crippen molar-refractivity contribution in [1.82, 2.24) is 0 Å². The predicted octanol–water partition coefficient (Wildman–Crippen LogP) is 1.87. The molecule has 112 valence electrons. The van der Waals surface area contributed by atoms with Gasteiger partial charge >= 0.3 is 0 Å². The predicted molar refractivity (Wildman–Crippen MR) is 80.0 cm³/mol. The molecule has 5 heteroatoms. The Bertz CT molecular complexity index is 373. The Hall–Kier alpha value is -1.59. The Kier molecular flexibility index (Phi) is 7.69. The van der Waals surface area contributed by atoms with Crippen LogP contribution >= 0.6 is 0 Å². The molecular formula is C15H24N2O3. The zero-order valence-corrected chi connectivity index (χ0v) is 11.9. The molecule has 2 atom stereocenters. The van der Waals surface area contributed by atoms with Gasteiger partial charge < -0.3 is 20.9 Å². The van der Waals surface area contributed by atoms with Gasteiger partial charge in [-0.15, -0.1) is 0 Å². The van der Waals surface area contributed by atoms with Gasteiger partial charge in [0.2, 0.25) is 0 Å². The molecule has 0 spiro atoms. The molecule has 20 heavy (non-hydrogen) atoms. The molecule has 0 aliphatic carbocycles. The van der Waals surface area contributed by atoms with E-state index in [0.717, 1.165) is 25.3 Å². The average molecular weight is 280 g/mol. The van der Waals surface area contributed by atoms with Crippen LogP contribution in [0.2, 0.25) is 0 Å². The maximum absolute atomic E-state index is 8.36. The first kappa shape index (κ1) is 16.5. The van der Waals surface area contributed by atoms with Crippen LogP contribution in [-0.4, -0.2) is 36.9 Å². The van der Waals surface area contributed by atoms with Crippen molar-refractivity contribution in [2.24, 2.45) is 5.73 Å². The SMILES string of the molecule is CC(N)Cc1ccc(NCC2CCCO2)cc1.O=CO. The average Bonchev–Trinajstić information content (AvgIpc) is 2.91. The van der Waals surface area contributed by atoms with Gasteiger partial charge in [-0.25, -0.2) is 0 Å². The van der Waals surface area contributed by atoms with Gasteiger partial charge in [0.1, 0.15) is 0 Å². The topological polar surface area (TPSA) is 84.6 Å². The normalized spacial score (nSPS) is 18.8. The van der Waals surface area contributed by atoms with Gasteiger partial charge in [-0.05, 0) is 43.9 Å². The van der Waals surface area contributed by atoms with Crippen LogP contribution in [0.5, 0.6) is 0 Å². The van der Waals surface area contributed by atoms with Crippen molar-refractivity contribution in [3.63, 3.8) is 0 Å². The third-order valence-corrected chi connectivity index (χ3v) is 3.07. The minimum Gasteiger partial charge on any atom is -0.483 e.